The van der Waals surface area contributed by atoms with Crippen molar-refractivity contribution in [2.45, 2.75) is 64.2 Å². The number of nitrogens with zero attached hydrogens (tertiary/aromatic N) is 3. The summed E-state index contributed by atoms with van der Waals surface area (Å²) in [6.45, 7) is 3.25. The second-order valence-corrected chi connectivity index (χ2v) is 9.93. The number of aromatic nitrogens is 2. The molecule has 0 aliphatic carbocycles. The van der Waals surface area contributed by atoms with Crippen molar-refractivity contribution < 1.29 is 73.5 Å². The van der Waals surface area contributed by atoms with E-state index in [0.29, 0.717) is 16.9 Å². The van der Waals surface area contributed by atoms with Crippen molar-refractivity contribution in [1.29, 1.82) is 0 Å². The number of aliphatic hydroxyl groups is 2. The summed E-state index contributed by atoms with van der Waals surface area (Å²) in [7, 11) is 1.36. The average Bonchev–Trinajstić information content (AvgIpc) is 3.27. The van der Waals surface area contributed by atoms with Crippen LogP contribution in [0.25, 0.3) is 5.69 Å². The van der Waals surface area contributed by atoms with E-state index in [1.54, 1.807) is 0 Å². The van der Waals surface area contributed by atoms with Crippen molar-refractivity contribution in [3.8, 4) is 5.69 Å². The van der Waals surface area contributed by atoms with Crippen LogP contribution in [0.15, 0.2) is 36.4 Å². The molecule has 0 saturated heterocycles. The predicted molar refractivity (Wildman–Crippen MR) is 138 cm³/mol. The third-order valence-electron chi connectivity index (χ3n) is 6.41. The fourth-order valence-corrected chi connectivity index (χ4v) is 4.48. The summed E-state index contributed by atoms with van der Waals surface area (Å²) in [6, 6.07) is 7.16. The fourth-order valence-electron chi connectivity index (χ4n) is 4.48. The van der Waals surface area contributed by atoms with Gasteiger partial charge in [-0.1, -0.05) is 19.9 Å². The number of amides is 1. The third-order valence-corrected chi connectivity index (χ3v) is 6.41. The van der Waals surface area contributed by atoms with Crippen LogP contribution in [0.4, 0.5) is 17.6 Å². The molecule has 8 nitrogen and oxygen atoms in total. The summed E-state index contributed by atoms with van der Waals surface area (Å²) in [5.74, 6) is -6.99. The van der Waals surface area contributed by atoms with Gasteiger partial charge in [-0.05, 0) is 55.5 Å². The first kappa shape index (κ1) is 34.4. The molecule has 1 amide bonds. The largest absolute Gasteiger partial charge is 1.00 e. The molecule has 2 aromatic carbocycles. The first-order chi connectivity index (χ1) is 18.8. The number of carbonyl (C=O) groups is 2. The monoisotopic (exact) mass is 589 g/mol. The topological polar surface area (TPSA) is 116 Å². The molecule has 13 heteroatoms. The summed E-state index contributed by atoms with van der Waals surface area (Å²) >= 11 is 0. The van der Waals surface area contributed by atoms with Crippen LogP contribution in [-0.2, 0) is 17.8 Å². The standard InChI is InChI=1S/C28H31F4N3O5.Na.H/c1-15(2)24-22(11-9-19(36)12-20(37)13-23(38)39)35(18-7-5-17(29)6-8-18)33-27(24)28(40)34(3)14-16-4-10-21(30)26(32)25(16)31;;/h4-8,10,15,19-20,36-37H,9,11-14H2,1-3H3,(H,38,39);;/q;+1;-1. The minimum atomic E-state index is -1.64. The Labute approximate surface area is 258 Å². The average molecular weight is 590 g/mol. The quantitative estimate of drug-likeness (QED) is 0.168. The number of aliphatic carboxylic acids is 1. The first-order valence-corrected chi connectivity index (χ1v) is 12.6. The second-order valence-electron chi connectivity index (χ2n) is 9.93. The molecule has 1 aromatic heterocycles. The summed E-state index contributed by atoms with van der Waals surface area (Å²) in [5, 5.41) is 33.7. The van der Waals surface area contributed by atoms with Gasteiger partial charge in [0.15, 0.2) is 23.1 Å². The molecule has 41 heavy (non-hydrogen) atoms. The number of carboxylic acids is 1. The van der Waals surface area contributed by atoms with E-state index in [-0.39, 0.29) is 74.0 Å². The molecule has 0 bridgehead atoms. The molecule has 2 unspecified atom stereocenters. The maximum absolute atomic E-state index is 14.3. The van der Waals surface area contributed by atoms with Crippen LogP contribution in [0.3, 0.4) is 0 Å². The van der Waals surface area contributed by atoms with E-state index >= 15 is 0 Å². The van der Waals surface area contributed by atoms with Gasteiger partial charge in [-0.3, -0.25) is 9.59 Å². The zero-order valence-corrected chi connectivity index (χ0v) is 25.2. The number of benzene rings is 2. The van der Waals surface area contributed by atoms with E-state index in [1.807, 2.05) is 13.8 Å². The van der Waals surface area contributed by atoms with Crippen molar-refractivity contribution in [1.82, 2.24) is 14.7 Å². The Hall–Kier alpha value is -2.77. The van der Waals surface area contributed by atoms with E-state index in [1.165, 1.54) is 36.0 Å². The number of hydrogen-bond donors (Lipinski definition) is 3. The third kappa shape index (κ3) is 8.62. The van der Waals surface area contributed by atoms with Crippen LogP contribution >= 0.6 is 0 Å². The molecule has 0 spiro atoms. The van der Waals surface area contributed by atoms with Crippen LogP contribution in [-0.4, -0.2) is 61.1 Å². The zero-order valence-electron chi connectivity index (χ0n) is 24.2. The molecular weight excluding hydrogens is 557 g/mol. The molecule has 0 saturated carbocycles. The molecule has 3 rings (SSSR count). The van der Waals surface area contributed by atoms with Gasteiger partial charge in [0.1, 0.15) is 5.82 Å². The van der Waals surface area contributed by atoms with E-state index in [4.69, 9.17) is 5.11 Å². The SMILES string of the molecule is CC(C)c1c(C(=O)N(C)Cc2ccc(F)c(F)c2F)nn(-c2ccc(F)cc2)c1CCC(O)CC(O)CC(=O)O.[H-].[Na+]. The number of carboxylic acid groups (broad SMARTS) is 1. The van der Waals surface area contributed by atoms with E-state index in [0.717, 1.165) is 17.0 Å². The molecule has 3 aromatic rings. The predicted octanol–water partition coefficient (Wildman–Crippen LogP) is 1.46. The maximum Gasteiger partial charge on any atom is 1.00 e. The molecule has 3 N–H and O–H groups in total. The van der Waals surface area contributed by atoms with Gasteiger partial charge >= 0.3 is 35.5 Å². The first-order valence-electron chi connectivity index (χ1n) is 12.6. The molecule has 2 atom stereocenters. The summed E-state index contributed by atoms with van der Waals surface area (Å²) in [4.78, 5) is 25.5. The smallest absolute Gasteiger partial charge is 1.00 e. The molecule has 0 aliphatic heterocycles. The Morgan fingerprint density at radius 2 is 1.63 bits per heavy atom. The summed E-state index contributed by atoms with van der Waals surface area (Å²) in [5.41, 5.74) is 1.21. The van der Waals surface area contributed by atoms with Crippen molar-refractivity contribution >= 4 is 11.9 Å². The van der Waals surface area contributed by atoms with Crippen molar-refractivity contribution in [3.05, 3.63) is 82.2 Å². The molecule has 1 heterocycles. The number of hydrogen-bond acceptors (Lipinski definition) is 5. The van der Waals surface area contributed by atoms with Gasteiger partial charge < -0.3 is 21.6 Å². The Kier molecular flexibility index (Phi) is 12.5. The van der Waals surface area contributed by atoms with Crippen LogP contribution in [0, 0.1) is 23.3 Å². The summed E-state index contributed by atoms with van der Waals surface area (Å²) in [6.07, 6.45) is -2.76. The Balaban J connectivity index is 0.00000441. The van der Waals surface area contributed by atoms with Crippen LogP contribution in [0.1, 0.15) is 67.8 Å². The molecular formula is C28H32F4N3NaO5. The minimum Gasteiger partial charge on any atom is -1.00 e. The Morgan fingerprint density at radius 1 is 1.00 bits per heavy atom. The second kappa shape index (κ2) is 14.9. The van der Waals surface area contributed by atoms with Crippen LogP contribution < -0.4 is 29.6 Å². The molecule has 0 radical (unpaired) electrons. The fraction of sp³-hybridized carbons (Fsp3) is 0.393. The maximum atomic E-state index is 14.3. The Bertz CT molecular complexity index is 1370. The normalized spacial score (nSPS) is 12.6. The van der Waals surface area contributed by atoms with Crippen LogP contribution in [0.2, 0.25) is 0 Å². The van der Waals surface area contributed by atoms with Gasteiger partial charge in [-0.15, -0.1) is 0 Å². The number of carbonyl (C=O) groups excluding carboxylic acids is 1. The van der Waals surface area contributed by atoms with E-state index < -0.39 is 53.8 Å². The zero-order chi connectivity index (χ0) is 29.7. The van der Waals surface area contributed by atoms with Gasteiger partial charge in [0.05, 0.1) is 24.3 Å². The molecule has 0 fully saturated rings. The van der Waals surface area contributed by atoms with Gasteiger partial charge in [0.25, 0.3) is 5.91 Å². The Morgan fingerprint density at radius 3 is 2.22 bits per heavy atom. The minimum absolute atomic E-state index is 0. The van der Waals surface area contributed by atoms with Gasteiger partial charge in [-0.2, -0.15) is 5.10 Å². The van der Waals surface area contributed by atoms with Crippen molar-refractivity contribution in [3.63, 3.8) is 0 Å². The number of halogens is 4. The van der Waals surface area contributed by atoms with E-state index in [2.05, 4.69) is 5.10 Å². The van der Waals surface area contributed by atoms with Crippen molar-refractivity contribution in [2.24, 2.45) is 0 Å². The van der Waals surface area contributed by atoms with Gasteiger partial charge in [0.2, 0.25) is 0 Å². The van der Waals surface area contributed by atoms with Gasteiger partial charge in [-0.25, -0.2) is 22.2 Å². The van der Waals surface area contributed by atoms with Crippen LogP contribution in [0.5, 0.6) is 0 Å². The molecule has 0 aliphatic rings. The van der Waals surface area contributed by atoms with E-state index in [9.17, 15) is 37.4 Å². The molecule has 218 valence electrons. The summed E-state index contributed by atoms with van der Waals surface area (Å²) < 4.78 is 56.5. The number of aliphatic hydroxyl groups excluding tert-OH is 2. The number of rotatable bonds is 12. The van der Waals surface area contributed by atoms with Crippen molar-refractivity contribution in [2.75, 3.05) is 7.05 Å². The van der Waals surface area contributed by atoms with Gasteiger partial charge in [0, 0.05) is 30.4 Å².